The summed E-state index contributed by atoms with van der Waals surface area (Å²) in [5.41, 5.74) is 0. The maximum atomic E-state index is 9.05. The van der Waals surface area contributed by atoms with Gasteiger partial charge in [0, 0.05) is 6.54 Å². The van der Waals surface area contributed by atoms with Crippen molar-refractivity contribution in [1.29, 1.82) is 0 Å². The number of rotatable bonds is 4. The molecule has 0 spiro atoms. The number of hydrogen-bond donors (Lipinski definition) is 1. The first kappa shape index (κ1) is 11.5. The largest absolute Gasteiger partial charge is 0.388 e. The number of aliphatic hydroxyl groups excluding tert-OH is 1. The minimum Gasteiger partial charge on any atom is -0.388 e. The SMILES string of the molecule is CN1CCC(CCn2cnnc2CO)CC1. The van der Waals surface area contributed by atoms with Crippen LogP contribution in [0.5, 0.6) is 0 Å². The van der Waals surface area contributed by atoms with Gasteiger partial charge in [0.1, 0.15) is 12.9 Å². The van der Waals surface area contributed by atoms with E-state index >= 15 is 0 Å². The number of aromatic nitrogens is 3. The summed E-state index contributed by atoms with van der Waals surface area (Å²) in [6, 6.07) is 0. The van der Waals surface area contributed by atoms with Gasteiger partial charge in [0.15, 0.2) is 5.82 Å². The summed E-state index contributed by atoms with van der Waals surface area (Å²) in [4.78, 5) is 2.38. The fourth-order valence-electron chi connectivity index (χ4n) is 2.26. The summed E-state index contributed by atoms with van der Waals surface area (Å²) in [6.45, 7) is 3.32. The molecule has 1 N–H and O–H groups in total. The van der Waals surface area contributed by atoms with E-state index in [9.17, 15) is 0 Å². The third-order valence-electron chi connectivity index (χ3n) is 3.45. The summed E-state index contributed by atoms with van der Waals surface area (Å²) in [6.07, 6.45) is 5.44. The molecule has 0 unspecified atom stereocenters. The standard InChI is InChI=1S/C11H20N4O/c1-14-5-2-10(3-6-14)4-7-15-9-12-13-11(15)8-16/h9-10,16H,2-8H2,1H3. The topological polar surface area (TPSA) is 54.2 Å². The quantitative estimate of drug-likeness (QED) is 0.809. The van der Waals surface area contributed by atoms with Crippen LogP contribution in [0, 0.1) is 5.92 Å². The van der Waals surface area contributed by atoms with Crippen LogP contribution in [0.15, 0.2) is 6.33 Å². The van der Waals surface area contributed by atoms with Crippen molar-refractivity contribution in [1.82, 2.24) is 19.7 Å². The smallest absolute Gasteiger partial charge is 0.158 e. The first-order valence-electron chi connectivity index (χ1n) is 5.95. The normalized spacial score (nSPS) is 19.1. The number of hydrogen-bond acceptors (Lipinski definition) is 4. The Hall–Kier alpha value is -0.940. The Morgan fingerprint density at radius 2 is 2.19 bits per heavy atom. The monoisotopic (exact) mass is 224 g/mol. The molecular weight excluding hydrogens is 204 g/mol. The second-order valence-electron chi connectivity index (χ2n) is 4.63. The van der Waals surface area contributed by atoms with E-state index in [4.69, 9.17) is 5.11 Å². The highest BCUT2D eigenvalue weighted by atomic mass is 16.3. The minimum atomic E-state index is -0.0204. The molecule has 0 aromatic carbocycles. The van der Waals surface area contributed by atoms with Gasteiger partial charge in [-0.2, -0.15) is 0 Å². The first-order valence-corrected chi connectivity index (χ1v) is 5.95. The molecule has 1 aliphatic rings. The van der Waals surface area contributed by atoms with Crippen LogP contribution in [0.1, 0.15) is 25.1 Å². The zero-order valence-corrected chi connectivity index (χ0v) is 9.84. The summed E-state index contributed by atoms with van der Waals surface area (Å²) in [5, 5.41) is 16.7. The Bertz CT molecular complexity index is 318. The van der Waals surface area contributed by atoms with Crippen molar-refractivity contribution >= 4 is 0 Å². The van der Waals surface area contributed by atoms with Crippen LogP contribution in [0.3, 0.4) is 0 Å². The van der Waals surface area contributed by atoms with Crippen molar-refractivity contribution in [3.05, 3.63) is 12.2 Å². The predicted octanol–water partition coefficient (Wildman–Crippen LogP) is 0.502. The maximum Gasteiger partial charge on any atom is 0.158 e. The van der Waals surface area contributed by atoms with Crippen LogP contribution in [0.25, 0.3) is 0 Å². The molecule has 16 heavy (non-hydrogen) atoms. The van der Waals surface area contributed by atoms with Crippen LogP contribution >= 0.6 is 0 Å². The molecule has 1 aromatic heterocycles. The van der Waals surface area contributed by atoms with Crippen LogP contribution in [0.2, 0.25) is 0 Å². The molecule has 0 bridgehead atoms. The molecule has 5 nitrogen and oxygen atoms in total. The first-order chi connectivity index (χ1) is 7.79. The number of aliphatic hydroxyl groups is 1. The van der Waals surface area contributed by atoms with Crippen molar-refractivity contribution < 1.29 is 5.11 Å². The van der Waals surface area contributed by atoms with E-state index in [0.29, 0.717) is 5.82 Å². The fraction of sp³-hybridized carbons (Fsp3) is 0.818. The molecule has 0 amide bonds. The highest BCUT2D eigenvalue weighted by Crippen LogP contribution is 2.20. The lowest BCUT2D eigenvalue weighted by molar-refractivity contribution is 0.205. The summed E-state index contributed by atoms with van der Waals surface area (Å²) >= 11 is 0. The lowest BCUT2D eigenvalue weighted by Gasteiger charge is -2.28. The highest BCUT2D eigenvalue weighted by molar-refractivity contribution is 4.82. The van der Waals surface area contributed by atoms with Gasteiger partial charge in [-0.05, 0) is 45.3 Å². The van der Waals surface area contributed by atoms with Gasteiger partial charge in [-0.1, -0.05) is 0 Å². The summed E-state index contributed by atoms with van der Waals surface area (Å²) < 4.78 is 1.96. The van der Waals surface area contributed by atoms with Gasteiger partial charge in [-0.3, -0.25) is 0 Å². The van der Waals surface area contributed by atoms with Gasteiger partial charge in [0.25, 0.3) is 0 Å². The minimum absolute atomic E-state index is 0.0204. The molecule has 0 saturated carbocycles. The molecule has 1 aromatic rings. The number of piperidine rings is 1. The van der Waals surface area contributed by atoms with E-state index in [-0.39, 0.29) is 6.61 Å². The van der Waals surface area contributed by atoms with E-state index in [1.807, 2.05) is 4.57 Å². The second-order valence-corrected chi connectivity index (χ2v) is 4.63. The third-order valence-corrected chi connectivity index (χ3v) is 3.45. The van der Waals surface area contributed by atoms with Crippen molar-refractivity contribution in [2.45, 2.75) is 32.4 Å². The number of nitrogens with zero attached hydrogens (tertiary/aromatic N) is 4. The molecule has 2 heterocycles. The molecule has 0 aliphatic carbocycles. The van der Waals surface area contributed by atoms with Crippen molar-refractivity contribution in [2.75, 3.05) is 20.1 Å². The van der Waals surface area contributed by atoms with E-state index in [1.54, 1.807) is 6.33 Å². The molecular formula is C11H20N4O. The Kier molecular flexibility index (Phi) is 3.90. The molecule has 90 valence electrons. The Balaban J connectivity index is 1.79. The van der Waals surface area contributed by atoms with Crippen LogP contribution in [-0.2, 0) is 13.2 Å². The maximum absolute atomic E-state index is 9.05. The van der Waals surface area contributed by atoms with Gasteiger partial charge < -0.3 is 14.6 Å². The van der Waals surface area contributed by atoms with Gasteiger partial charge in [0.05, 0.1) is 0 Å². The van der Waals surface area contributed by atoms with Crippen LogP contribution in [0.4, 0.5) is 0 Å². The summed E-state index contributed by atoms with van der Waals surface area (Å²) in [7, 11) is 2.18. The molecule has 1 saturated heterocycles. The molecule has 0 atom stereocenters. The lowest BCUT2D eigenvalue weighted by Crippen LogP contribution is -2.30. The average molecular weight is 224 g/mol. The molecule has 0 radical (unpaired) electrons. The fourth-order valence-corrected chi connectivity index (χ4v) is 2.26. The molecule has 5 heteroatoms. The molecule has 1 fully saturated rings. The van der Waals surface area contributed by atoms with Crippen molar-refractivity contribution in [3.8, 4) is 0 Å². The van der Waals surface area contributed by atoms with Gasteiger partial charge >= 0.3 is 0 Å². The number of likely N-dealkylation sites (tertiary alicyclic amines) is 1. The van der Waals surface area contributed by atoms with E-state index in [2.05, 4.69) is 22.1 Å². The Labute approximate surface area is 96.1 Å². The van der Waals surface area contributed by atoms with Gasteiger partial charge in [-0.15, -0.1) is 10.2 Å². The van der Waals surface area contributed by atoms with Gasteiger partial charge in [0.2, 0.25) is 0 Å². The lowest BCUT2D eigenvalue weighted by atomic mass is 9.94. The van der Waals surface area contributed by atoms with Gasteiger partial charge in [-0.25, -0.2) is 0 Å². The zero-order chi connectivity index (χ0) is 11.4. The van der Waals surface area contributed by atoms with Crippen LogP contribution in [-0.4, -0.2) is 44.9 Å². The average Bonchev–Trinajstić information content (AvgIpc) is 2.76. The van der Waals surface area contributed by atoms with E-state index < -0.39 is 0 Å². The predicted molar refractivity (Wildman–Crippen MR) is 60.8 cm³/mol. The van der Waals surface area contributed by atoms with E-state index in [0.717, 1.165) is 12.5 Å². The van der Waals surface area contributed by atoms with Crippen molar-refractivity contribution in [2.24, 2.45) is 5.92 Å². The van der Waals surface area contributed by atoms with E-state index in [1.165, 1.54) is 32.4 Å². The Morgan fingerprint density at radius 1 is 1.44 bits per heavy atom. The highest BCUT2D eigenvalue weighted by Gasteiger charge is 2.16. The van der Waals surface area contributed by atoms with Crippen molar-refractivity contribution in [3.63, 3.8) is 0 Å². The summed E-state index contributed by atoms with van der Waals surface area (Å²) in [5.74, 6) is 1.48. The number of aryl methyl sites for hydroxylation is 1. The molecule has 1 aliphatic heterocycles. The Morgan fingerprint density at radius 3 is 2.88 bits per heavy atom. The zero-order valence-electron chi connectivity index (χ0n) is 9.84. The third kappa shape index (κ3) is 2.80. The molecule has 2 rings (SSSR count). The van der Waals surface area contributed by atoms with Crippen LogP contribution < -0.4 is 0 Å². The second kappa shape index (κ2) is 5.41.